The van der Waals surface area contributed by atoms with Crippen molar-refractivity contribution in [3.8, 4) is 11.3 Å². The van der Waals surface area contributed by atoms with Crippen LogP contribution in [0.3, 0.4) is 0 Å². The lowest BCUT2D eigenvalue weighted by Crippen LogP contribution is -2.20. The van der Waals surface area contributed by atoms with Crippen LogP contribution in [0.15, 0.2) is 51.4 Å². The van der Waals surface area contributed by atoms with Crippen molar-refractivity contribution in [3.05, 3.63) is 67.4 Å². The Morgan fingerprint density at radius 1 is 1.27 bits per heavy atom. The van der Waals surface area contributed by atoms with Crippen LogP contribution in [0, 0.1) is 6.92 Å². The van der Waals surface area contributed by atoms with Crippen LogP contribution in [0.4, 0.5) is 0 Å². The number of thiophene rings is 1. The summed E-state index contributed by atoms with van der Waals surface area (Å²) in [6, 6.07) is 11.1. The molecule has 0 fully saturated rings. The van der Waals surface area contributed by atoms with Crippen LogP contribution in [0.25, 0.3) is 22.3 Å². The summed E-state index contributed by atoms with van der Waals surface area (Å²) in [5, 5.41) is 12.0. The molecule has 3 aromatic heterocycles. The van der Waals surface area contributed by atoms with Crippen molar-refractivity contribution in [2.75, 3.05) is 0 Å². The molecule has 1 aromatic carbocycles. The highest BCUT2D eigenvalue weighted by Crippen LogP contribution is 2.27. The number of hydrogen-bond donors (Lipinski definition) is 1. The second-order valence-corrected chi connectivity index (χ2v) is 9.00. The number of aryl methyl sites for hydroxylation is 2. The molecule has 0 aliphatic carbocycles. The number of nitrogens with zero attached hydrogens (tertiary/aromatic N) is 4. The molecular weight excluding hydrogens is 486 g/mol. The van der Waals surface area contributed by atoms with Gasteiger partial charge in [0.2, 0.25) is 0 Å². The van der Waals surface area contributed by atoms with Crippen LogP contribution in [0.2, 0.25) is 5.02 Å². The minimum atomic E-state index is -0.316. The van der Waals surface area contributed by atoms with Gasteiger partial charge in [-0.3, -0.25) is 9.48 Å². The van der Waals surface area contributed by atoms with Gasteiger partial charge >= 0.3 is 0 Å². The summed E-state index contributed by atoms with van der Waals surface area (Å²) in [5.41, 5.74) is 6.76. The average molecular weight is 503 g/mol. The van der Waals surface area contributed by atoms with Crippen molar-refractivity contribution < 1.29 is 4.79 Å². The first kappa shape index (κ1) is 20.7. The van der Waals surface area contributed by atoms with Gasteiger partial charge in [0.05, 0.1) is 32.9 Å². The van der Waals surface area contributed by atoms with Crippen LogP contribution in [-0.2, 0) is 7.05 Å². The Morgan fingerprint density at radius 3 is 2.67 bits per heavy atom. The van der Waals surface area contributed by atoms with Gasteiger partial charge in [-0.15, -0.1) is 11.3 Å². The number of rotatable bonds is 4. The van der Waals surface area contributed by atoms with Crippen LogP contribution in [0.1, 0.15) is 27.9 Å². The monoisotopic (exact) mass is 501 g/mol. The molecule has 30 heavy (non-hydrogen) atoms. The number of fused-ring (bicyclic) bond motifs is 1. The van der Waals surface area contributed by atoms with E-state index in [0.29, 0.717) is 27.3 Å². The standard InChI is InChI=1S/C21H17BrClN5OS/c1-11(18-8-14(22)10-30-18)25-26-21(29)16-9-17(13-4-6-15(23)7-5-13)24-20-19(16)12(2)27-28(20)3/h4-10H,1-3H3,(H,26,29)/b25-11+. The number of hydrazone groups is 1. The molecule has 0 aliphatic heterocycles. The molecule has 0 unspecified atom stereocenters. The first-order chi connectivity index (χ1) is 14.3. The number of aromatic nitrogens is 3. The van der Waals surface area contributed by atoms with E-state index in [1.165, 1.54) is 0 Å². The van der Waals surface area contributed by atoms with E-state index >= 15 is 0 Å². The SMILES string of the molecule is C/C(=N\NC(=O)c1cc(-c2ccc(Cl)cc2)nc2c1c(C)nn2C)c1cc(Br)cs1. The maximum Gasteiger partial charge on any atom is 0.272 e. The molecule has 1 N–H and O–H groups in total. The van der Waals surface area contributed by atoms with E-state index in [4.69, 9.17) is 16.6 Å². The topological polar surface area (TPSA) is 72.2 Å². The summed E-state index contributed by atoms with van der Waals surface area (Å²) in [5.74, 6) is -0.316. The number of amides is 1. The number of hydrogen-bond acceptors (Lipinski definition) is 5. The third-order valence-corrected chi connectivity index (χ3v) is 6.65. The van der Waals surface area contributed by atoms with Crippen LogP contribution in [0.5, 0.6) is 0 Å². The molecule has 0 spiro atoms. The number of pyridine rings is 1. The zero-order chi connectivity index (χ0) is 21.4. The van der Waals surface area contributed by atoms with E-state index in [0.717, 1.165) is 26.3 Å². The largest absolute Gasteiger partial charge is 0.272 e. The fourth-order valence-electron chi connectivity index (χ4n) is 3.15. The summed E-state index contributed by atoms with van der Waals surface area (Å²) in [6.07, 6.45) is 0. The number of carbonyl (C=O) groups is 1. The predicted octanol–water partition coefficient (Wildman–Crippen LogP) is 5.58. The van der Waals surface area contributed by atoms with Crippen LogP contribution in [-0.4, -0.2) is 26.4 Å². The quantitative estimate of drug-likeness (QED) is 0.293. The maximum absolute atomic E-state index is 13.1. The van der Waals surface area contributed by atoms with Gasteiger partial charge in [0.25, 0.3) is 5.91 Å². The Balaban J connectivity index is 1.76. The molecule has 0 radical (unpaired) electrons. The summed E-state index contributed by atoms with van der Waals surface area (Å²) >= 11 is 11.0. The van der Waals surface area contributed by atoms with Crippen molar-refractivity contribution in [3.63, 3.8) is 0 Å². The molecule has 0 atom stereocenters. The number of nitrogens with one attached hydrogen (secondary N) is 1. The van der Waals surface area contributed by atoms with E-state index in [1.807, 2.05) is 44.5 Å². The molecule has 0 saturated heterocycles. The fraction of sp³-hybridized carbons (Fsp3) is 0.143. The first-order valence-electron chi connectivity index (χ1n) is 9.03. The fourth-order valence-corrected chi connectivity index (χ4v) is 4.65. The molecule has 1 amide bonds. The summed E-state index contributed by atoms with van der Waals surface area (Å²) in [4.78, 5) is 18.8. The predicted molar refractivity (Wildman–Crippen MR) is 125 cm³/mol. The van der Waals surface area contributed by atoms with Gasteiger partial charge in [0.15, 0.2) is 5.65 Å². The summed E-state index contributed by atoms with van der Waals surface area (Å²) < 4.78 is 2.66. The lowest BCUT2D eigenvalue weighted by Gasteiger charge is -2.08. The zero-order valence-corrected chi connectivity index (χ0v) is 19.6. The molecule has 9 heteroatoms. The minimum Gasteiger partial charge on any atom is -0.267 e. The average Bonchev–Trinajstić information content (AvgIpc) is 3.29. The second-order valence-electron chi connectivity index (χ2n) is 6.74. The van der Waals surface area contributed by atoms with Crippen molar-refractivity contribution in [1.82, 2.24) is 20.2 Å². The van der Waals surface area contributed by atoms with Crippen molar-refractivity contribution in [2.24, 2.45) is 12.1 Å². The molecule has 152 valence electrons. The minimum absolute atomic E-state index is 0.316. The lowest BCUT2D eigenvalue weighted by atomic mass is 10.1. The first-order valence-corrected chi connectivity index (χ1v) is 11.1. The highest BCUT2D eigenvalue weighted by atomic mass is 79.9. The lowest BCUT2D eigenvalue weighted by molar-refractivity contribution is 0.0956. The number of halogens is 2. The van der Waals surface area contributed by atoms with Crippen LogP contribution < -0.4 is 5.43 Å². The third kappa shape index (κ3) is 4.03. The molecule has 4 rings (SSSR count). The highest BCUT2D eigenvalue weighted by molar-refractivity contribution is 9.10. The molecule has 6 nitrogen and oxygen atoms in total. The van der Waals surface area contributed by atoms with Gasteiger partial charge in [0.1, 0.15) is 0 Å². The van der Waals surface area contributed by atoms with E-state index < -0.39 is 0 Å². The number of benzene rings is 1. The van der Waals surface area contributed by atoms with Gasteiger partial charge in [-0.2, -0.15) is 10.2 Å². The van der Waals surface area contributed by atoms with Gasteiger partial charge < -0.3 is 0 Å². The van der Waals surface area contributed by atoms with Gasteiger partial charge in [-0.05, 0) is 54.0 Å². The van der Waals surface area contributed by atoms with Crippen molar-refractivity contribution in [1.29, 1.82) is 0 Å². The normalized spacial score (nSPS) is 11.8. The Kier molecular flexibility index (Phi) is 5.73. The molecule has 4 aromatic rings. The zero-order valence-electron chi connectivity index (χ0n) is 16.4. The van der Waals surface area contributed by atoms with Gasteiger partial charge in [0, 0.05) is 27.5 Å². The number of carbonyl (C=O) groups excluding carboxylic acids is 1. The van der Waals surface area contributed by atoms with Crippen molar-refractivity contribution >= 4 is 61.5 Å². The molecule has 0 aliphatic rings. The molecule has 0 bridgehead atoms. The Hall–Kier alpha value is -2.55. The Labute approximate surface area is 190 Å². The van der Waals surface area contributed by atoms with E-state index in [2.05, 4.69) is 31.6 Å². The highest BCUT2D eigenvalue weighted by Gasteiger charge is 2.19. The molecular formula is C21H17BrClN5OS. The van der Waals surface area contributed by atoms with Gasteiger partial charge in [-0.25, -0.2) is 10.4 Å². The molecule has 3 heterocycles. The van der Waals surface area contributed by atoms with Crippen LogP contribution >= 0.6 is 38.9 Å². The van der Waals surface area contributed by atoms with E-state index in [-0.39, 0.29) is 5.91 Å². The second kappa shape index (κ2) is 8.29. The smallest absolute Gasteiger partial charge is 0.267 e. The summed E-state index contributed by atoms with van der Waals surface area (Å²) in [7, 11) is 1.81. The molecule has 0 saturated carbocycles. The van der Waals surface area contributed by atoms with Gasteiger partial charge in [-0.1, -0.05) is 23.7 Å². The maximum atomic E-state index is 13.1. The Morgan fingerprint density at radius 2 is 2.00 bits per heavy atom. The van der Waals surface area contributed by atoms with Crippen molar-refractivity contribution in [2.45, 2.75) is 13.8 Å². The summed E-state index contributed by atoms with van der Waals surface area (Å²) in [6.45, 7) is 3.72. The Bertz CT molecular complexity index is 1290. The third-order valence-electron chi connectivity index (χ3n) is 4.60. The van der Waals surface area contributed by atoms with E-state index in [9.17, 15) is 4.79 Å². The van der Waals surface area contributed by atoms with E-state index in [1.54, 1.807) is 34.2 Å².